The van der Waals surface area contributed by atoms with Gasteiger partial charge in [-0.2, -0.15) is 0 Å². The highest BCUT2D eigenvalue weighted by Gasteiger charge is 2.72. The minimum absolute atomic E-state index is 0.0164. The molecule has 4 heterocycles. The SMILES string of the molecule is O=C(O)[C@@]12COC3(O)C1CCN1CC[C@@H]3[C@H]1c1c2[nH]c2ccccc12. The zero-order valence-corrected chi connectivity index (χ0v) is 13.7. The number of H-pyrrole nitrogens is 1. The highest BCUT2D eigenvalue weighted by molar-refractivity contribution is 5.91. The summed E-state index contributed by atoms with van der Waals surface area (Å²) in [6.07, 6.45) is 1.48. The molecule has 0 radical (unpaired) electrons. The molecule has 6 atom stereocenters. The van der Waals surface area contributed by atoms with E-state index in [9.17, 15) is 15.0 Å². The average molecular weight is 340 g/mol. The van der Waals surface area contributed by atoms with Crippen molar-refractivity contribution in [3.8, 4) is 0 Å². The van der Waals surface area contributed by atoms with Crippen LogP contribution in [0.25, 0.3) is 10.9 Å². The molecule has 1 aromatic heterocycles. The molecular weight excluding hydrogens is 320 g/mol. The summed E-state index contributed by atoms with van der Waals surface area (Å²) in [7, 11) is 0. The van der Waals surface area contributed by atoms with Crippen molar-refractivity contribution in [1.29, 1.82) is 0 Å². The highest BCUT2D eigenvalue weighted by atomic mass is 16.6. The number of ether oxygens (including phenoxy) is 1. The van der Waals surface area contributed by atoms with Crippen LogP contribution in [-0.2, 0) is 14.9 Å². The van der Waals surface area contributed by atoms with Crippen LogP contribution in [0, 0.1) is 11.8 Å². The molecule has 6 rings (SSSR count). The van der Waals surface area contributed by atoms with E-state index in [1.165, 1.54) is 0 Å². The number of carbonyl (C=O) groups is 1. The first kappa shape index (κ1) is 14.3. The van der Waals surface area contributed by atoms with Gasteiger partial charge in [0.05, 0.1) is 6.61 Å². The van der Waals surface area contributed by atoms with Gasteiger partial charge in [-0.3, -0.25) is 9.69 Å². The first-order chi connectivity index (χ1) is 12.1. The summed E-state index contributed by atoms with van der Waals surface area (Å²) in [4.78, 5) is 18.4. The summed E-state index contributed by atoms with van der Waals surface area (Å²) in [5, 5.41) is 22.9. The van der Waals surface area contributed by atoms with Crippen molar-refractivity contribution in [2.24, 2.45) is 11.8 Å². The minimum atomic E-state index is -1.35. The Bertz CT molecular complexity index is 923. The molecule has 4 aliphatic rings. The number of aliphatic carboxylic acids is 1. The van der Waals surface area contributed by atoms with Gasteiger partial charge in [-0.1, -0.05) is 18.2 Å². The number of aliphatic hydroxyl groups is 1. The molecule has 3 aliphatic heterocycles. The van der Waals surface area contributed by atoms with E-state index in [4.69, 9.17) is 4.74 Å². The van der Waals surface area contributed by atoms with E-state index in [-0.39, 0.29) is 18.6 Å². The highest BCUT2D eigenvalue weighted by Crippen LogP contribution is 2.63. The third-order valence-electron chi connectivity index (χ3n) is 7.23. The van der Waals surface area contributed by atoms with Crippen LogP contribution in [0.4, 0.5) is 0 Å². The molecule has 130 valence electrons. The van der Waals surface area contributed by atoms with Gasteiger partial charge in [-0.15, -0.1) is 0 Å². The summed E-state index contributed by atoms with van der Waals surface area (Å²) in [6.45, 7) is 1.77. The minimum Gasteiger partial charge on any atom is -0.480 e. The topological polar surface area (TPSA) is 85.8 Å². The molecule has 3 N–H and O–H groups in total. The molecule has 0 spiro atoms. The van der Waals surface area contributed by atoms with Crippen molar-refractivity contribution in [3.05, 3.63) is 35.5 Å². The van der Waals surface area contributed by atoms with Gasteiger partial charge < -0.3 is 19.9 Å². The maximum absolute atomic E-state index is 12.6. The largest absolute Gasteiger partial charge is 0.480 e. The first-order valence-electron chi connectivity index (χ1n) is 9.02. The van der Waals surface area contributed by atoms with Crippen LogP contribution in [0.5, 0.6) is 0 Å². The number of hydrogen-bond acceptors (Lipinski definition) is 4. The summed E-state index contributed by atoms with van der Waals surface area (Å²) in [6, 6.07) is 8.05. The second-order valence-electron chi connectivity index (χ2n) is 7.99. The second-order valence-corrected chi connectivity index (χ2v) is 7.99. The lowest BCUT2D eigenvalue weighted by molar-refractivity contribution is -0.231. The number of hydrogen-bond donors (Lipinski definition) is 3. The number of nitrogens with one attached hydrogen (secondary N) is 1. The summed E-state index contributed by atoms with van der Waals surface area (Å²) < 4.78 is 5.93. The maximum atomic E-state index is 12.6. The van der Waals surface area contributed by atoms with Gasteiger partial charge in [0.2, 0.25) is 0 Å². The van der Waals surface area contributed by atoms with Gasteiger partial charge in [0.15, 0.2) is 5.79 Å². The molecule has 3 fully saturated rings. The summed E-state index contributed by atoms with van der Waals surface area (Å²) in [5.74, 6) is -2.75. The van der Waals surface area contributed by atoms with Crippen molar-refractivity contribution in [3.63, 3.8) is 0 Å². The molecule has 6 nitrogen and oxygen atoms in total. The lowest BCUT2D eigenvalue weighted by atomic mass is 9.69. The van der Waals surface area contributed by atoms with E-state index in [1.807, 2.05) is 18.2 Å². The Labute approximate surface area is 144 Å². The third kappa shape index (κ3) is 1.39. The van der Waals surface area contributed by atoms with Crippen molar-refractivity contribution in [2.75, 3.05) is 19.7 Å². The lowest BCUT2D eigenvalue weighted by Crippen LogP contribution is -2.50. The molecule has 2 aromatic rings. The van der Waals surface area contributed by atoms with E-state index in [1.54, 1.807) is 0 Å². The Balaban J connectivity index is 1.78. The van der Waals surface area contributed by atoms with Crippen molar-refractivity contribution in [1.82, 2.24) is 9.88 Å². The third-order valence-corrected chi connectivity index (χ3v) is 7.23. The van der Waals surface area contributed by atoms with E-state index < -0.39 is 23.1 Å². The smallest absolute Gasteiger partial charge is 0.318 e. The number of para-hydroxylation sites is 1. The number of fused-ring (bicyclic) bond motifs is 4. The maximum Gasteiger partial charge on any atom is 0.318 e. The van der Waals surface area contributed by atoms with Gasteiger partial charge >= 0.3 is 5.97 Å². The number of aromatic amines is 1. The quantitative estimate of drug-likeness (QED) is 0.734. The Morgan fingerprint density at radius 2 is 2.08 bits per heavy atom. The van der Waals surface area contributed by atoms with Gasteiger partial charge in [0.25, 0.3) is 0 Å². The van der Waals surface area contributed by atoms with Crippen LogP contribution in [0.3, 0.4) is 0 Å². The first-order valence-corrected chi connectivity index (χ1v) is 9.02. The molecule has 6 heteroatoms. The number of nitrogens with zero attached hydrogens (tertiary/aromatic N) is 1. The fraction of sp³-hybridized carbons (Fsp3) is 0.526. The van der Waals surface area contributed by atoms with Crippen molar-refractivity contribution in [2.45, 2.75) is 30.1 Å². The van der Waals surface area contributed by atoms with E-state index >= 15 is 0 Å². The molecule has 6 bridgehead atoms. The van der Waals surface area contributed by atoms with Crippen LogP contribution in [0.15, 0.2) is 24.3 Å². The number of rotatable bonds is 1. The normalized spacial score (nSPS) is 43.9. The molecule has 3 unspecified atom stereocenters. The standard InChI is InChI=1S/C19H20N2O4/c22-17(23)18-9-25-19(24)11-5-7-21(8-6-13(18)19)15(11)14-10-3-1-2-4-12(10)20-16(14)18/h1-4,11,13,15,20,24H,5-9H2,(H,22,23)/t11-,13?,15+,18+,19?/m1/s1. The van der Waals surface area contributed by atoms with Crippen LogP contribution < -0.4 is 0 Å². The average Bonchev–Trinajstić information content (AvgIpc) is 3.19. The van der Waals surface area contributed by atoms with E-state index in [0.717, 1.165) is 41.7 Å². The molecular formula is C19H20N2O4. The second kappa shape index (κ2) is 4.26. The Morgan fingerprint density at radius 3 is 2.92 bits per heavy atom. The molecule has 0 amide bonds. The zero-order chi connectivity index (χ0) is 17.0. The Morgan fingerprint density at radius 1 is 1.28 bits per heavy atom. The van der Waals surface area contributed by atoms with E-state index in [2.05, 4.69) is 16.0 Å². The van der Waals surface area contributed by atoms with Crippen LogP contribution >= 0.6 is 0 Å². The summed E-state index contributed by atoms with van der Waals surface area (Å²) >= 11 is 0. The predicted octanol–water partition coefficient (Wildman–Crippen LogP) is 1.61. The monoisotopic (exact) mass is 340 g/mol. The van der Waals surface area contributed by atoms with Gasteiger partial charge in [0.1, 0.15) is 5.41 Å². The molecule has 1 aliphatic carbocycles. The van der Waals surface area contributed by atoms with Crippen LogP contribution in [-0.4, -0.2) is 51.5 Å². The zero-order valence-electron chi connectivity index (χ0n) is 13.7. The Hall–Kier alpha value is -1.89. The molecule has 1 aromatic carbocycles. The summed E-state index contributed by atoms with van der Waals surface area (Å²) in [5.41, 5.74) is 1.60. The number of aromatic nitrogens is 1. The lowest BCUT2D eigenvalue weighted by Gasteiger charge is -2.36. The van der Waals surface area contributed by atoms with Crippen LogP contribution in [0.1, 0.15) is 30.1 Å². The number of carboxylic acids is 1. The van der Waals surface area contributed by atoms with Crippen molar-refractivity contribution < 1.29 is 19.7 Å². The fourth-order valence-corrected chi connectivity index (χ4v) is 6.21. The van der Waals surface area contributed by atoms with Crippen molar-refractivity contribution >= 4 is 16.9 Å². The van der Waals surface area contributed by atoms with Gasteiger partial charge in [0, 0.05) is 34.5 Å². The van der Waals surface area contributed by atoms with E-state index in [0.29, 0.717) is 6.42 Å². The van der Waals surface area contributed by atoms with Gasteiger partial charge in [-0.25, -0.2) is 0 Å². The van der Waals surface area contributed by atoms with Gasteiger partial charge in [-0.05, 0) is 37.6 Å². The molecule has 0 saturated carbocycles. The van der Waals surface area contributed by atoms with Crippen LogP contribution in [0.2, 0.25) is 0 Å². The fourth-order valence-electron chi connectivity index (χ4n) is 6.21. The molecule has 3 saturated heterocycles. The molecule has 25 heavy (non-hydrogen) atoms. The Kier molecular flexibility index (Phi) is 2.43. The number of benzene rings is 1. The predicted molar refractivity (Wildman–Crippen MR) is 89.0 cm³/mol. The number of carboxylic acid groups (broad SMARTS) is 1.